The molecule has 0 bridgehead atoms. The minimum atomic E-state index is -4.97. The summed E-state index contributed by atoms with van der Waals surface area (Å²) >= 11 is 0. The van der Waals surface area contributed by atoms with Crippen molar-refractivity contribution in [3.8, 4) is 5.75 Å². The van der Waals surface area contributed by atoms with Crippen molar-refractivity contribution in [3.63, 3.8) is 0 Å². The van der Waals surface area contributed by atoms with E-state index in [4.69, 9.17) is 46.5 Å². The molecule has 1 aromatic rings. The number of nitrogens with one attached hydrogen (secondary N) is 5. The van der Waals surface area contributed by atoms with E-state index in [1.165, 1.54) is 89.9 Å². The van der Waals surface area contributed by atoms with Crippen LogP contribution < -0.4 is 90.4 Å². The van der Waals surface area contributed by atoms with Crippen LogP contribution in [-0.2, 0) is 95.7 Å². The predicted octanol–water partition coefficient (Wildman–Crippen LogP) is 16.0. The number of ether oxygens (including phenoxy) is 6. The van der Waals surface area contributed by atoms with Crippen LogP contribution in [0.2, 0.25) is 0 Å². The van der Waals surface area contributed by atoms with Gasteiger partial charge < -0.3 is 67.6 Å². The third-order valence-corrected chi connectivity index (χ3v) is 23.7. The van der Waals surface area contributed by atoms with Crippen molar-refractivity contribution in [3.05, 3.63) is 54.1 Å². The molecular formula is C99H179N5Na2O23P2. The molecular weight excluding hydrogens is 1740 g/mol. The number of unbranched alkanes of at least 4 members (excludes halogenated alkanes) is 34. The molecule has 1 rings (SSSR count). The van der Waals surface area contributed by atoms with Crippen molar-refractivity contribution in [2.75, 3.05) is 79.1 Å². The van der Waals surface area contributed by atoms with Gasteiger partial charge in [-0.2, -0.15) is 0 Å². The Kier molecular flexibility index (Phi) is 86.3. The summed E-state index contributed by atoms with van der Waals surface area (Å²) in [6.07, 6.45) is 52.6. The van der Waals surface area contributed by atoms with Crippen LogP contribution in [0.3, 0.4) is 0 Å². The summed E-state index contributed by atoms with van der Waals surface area (Å²) in [4.78, 5) is 142. The Morgan fingerprint density at radius 1 is 0.389 bits per heavy atom. The number of hydrogen-bond donors (Lipinski definition) is 7. The van der Waals surface area contributed by atoms with Crippen LogP contribution in [-0.4, -0.2) is 172 Å². The smallest absolute Gasteiger partial charge is 1.00 e. The predicted molar refractivity (Wildman–Crippen MR) is 513 cm³/mol. The third kappa shape index (κ3) is 81.8. The molecule has 750 valence electrons. The maximum atomic E-state index is 14.2. The second-order valence-corrected chi connectivity index (χ2v) is 38.3. The van der Waals surface area contributed by atoms with Gasteiger partial charge in [-0.1, -0.05) is 271 Å². The zero-order chi connectivity index (χ0) is 95.0. The molecule has 0 aliphatic heterocycles. The number of allylic oxidation sites excluding steroid dienone is 4. The van der Waals surface area contributed by atoms with E-state index in [9.17, 15) is 62.1 Å². The molecule has 0 aliphatic carbocycles. The van der Waals surface area contributed by atoms with E-state index in [1.807, 2.05) is 0 Å². The van der Waals surface area contributed by atoms with Gasteiger partial charge in [-0.15, -0.1) is 0 Å². The minimum Gasteiger partial charge on any atom is -1.00 e. The second kappa shape index (κ2) is 87.6. The summed E-state index contributed by atoms with van der Waals surface area (Å²) in [5.41, 5.74) is -0.220. The summed E-state index contributed by atoms with van der Waals surface area (Å²) in [6.45, 7) is 14.9. The number of phosphoric acid groups is 2. The average Bonchev–Trinajstić information content (AvgIpc) is 0.856. The number of Topliss-reactive ketones (excluding diaryl/α,β-unsaturated/α-hetero) is 2. The van der Waals surface area contributed by atoms with Gasteiger partial charge in [0.2, 0.25) is 23.6 Å². The Bertz CT molecular complexity index is 3080. The minimum absolute atomic E-state index is 0. The first-order valence-corrected chi connectivity index (χ1v) is 53.1. The fourth-order valence-electron chi connectivity index (χ4n) is 14.3. The molecule has 0 spiro atoms. The molecule has 0 heterocycles. The van der Waals surface area contributed by atoms with E-state index in [1.54, 1.807) is 45.0 Å². The van der Waals surface area contributed by atoms with E-state index in [-0.39, 0.29) is 157 Å². The van der Waals surface area contributed by atoms with Crippen LogP contribution >= 0.6 is 15.6 Å². The summed E-state index contributed by atoms with van der Waals surface area (Å²) < 4.78 is 83.9. The van der Waals surface area contributed by atoms with Crippen molar-refractivity contribution in [2.24, 2.45) is 5.92 Å². The van der Waals surface area contributed by atoms with Gasteiger partial charge in [0.25, 0.3) is 0 Å². The number of carbonyl (C=O) groups is 9. The van der Waals surface area contributed by atoms with Gasteiger partial charge in [0.05, 0.1) is 84.3 Å². The van der Waals surface area contributed by atoms with Gasteiger partial charge in [0, 0.05) is 51.6 Å². The molecule has 28 nitrogen and oxygen atoms in total. The van der Waals surface area contributed by atoms with E-state index in [0.29, 0.717) is 62.7 Å². The molecule has 0 saturated heterocycles. The van der Waals surface area contributed by atoms with Crippen molar-refractivity contribution >= 4 is 68.9 Å². The summed E-state index contributed by atoms with van der Waals surface area (Å²) in [5, 5.41) is 13.2. The Morgan fingerprint density at radius 2 is 0.725 bits per heavy atom. The van der Waals surface area contributed by atoms with Crippen LogP contribution in [0.1, 0.15) is 405 Å². The molecule has 32 heteroatoms. The zero-order valence-electron chi connectivity index (χ0n) is 85.3. The fourth-order valence-corrected chi connectivity index (χ4v) is 15.8. The molecule has 0 aliphatic rings. The fraction of sp³-hybridized carbons (Fsp3) is 0.808. The average molecular weight is 1920 g/mol. The van der Waals surface area contributed by atoms with Gasteiger partial charge in [0.1, 0.15) is 47.6 Å². The van der Waals surface area contributed by atoms with Crippen LogP contribution in [0.15, 0.2) is 48.6 Å². The number of ketones is 2. The zero-order valence-corrected chi connectivity index (χ0v) is 89.1. The second-order valence-electron chi connectivity index (χ2n) is 35.4. The maximum absolute atomic E-state index is 14.2. The first-order chi connectivity index (χ1) is 62.2. The molecule has 0 fully saturated rings. The van der Waals surface area contributed by atoms with Crippen LogP contribution in [0.25, 0.3) is 0 Å². The van der Waals surface area contributed by atoms with Crippen LogP contribution in [0.4, 0.5) is 4.79 Å². The number of esters is 2. The molecule has 5 amide bonds. The van der Waals surface area contributed by atoms with E-state index in [0.717, 1.165) is 154 Å². The number of benzene rings is 1. The number of hydrogen-bond acceptors (Lipinski definition) is 21. The Morgan fingerprint density at radius 3 is 1.09 bits per heavy atom. The van der Waals surface area contributed by atoms with Crippen molar-refractivity contribution in [2.45, 2.75) is 433 Å². The van der Waals surface area contributed by atoms with E-state index in [2.05, 4.69) is 92.4 Å². The van der Waals surface area contributed by atoms with Crippen molar-refractivity contribution < 1.29 is 171 Å². The molecule has 0 saturated carbocycles. The van der Waals surface area contributed by atoms with Crippen molar-refractivity contribution in [1.82, 2.24) is 26.6 Å². The summed E-state index contributed by atoms with van der Waals surface area (Å²) in [6, 6.07) is 4.34. The SMILES string of the molecule is CCCCCC/C=C\CCCC(=O)O[C@H](CCCCCCC)CCOCC(COP(=O)(O)OCCNC(=O)C(Cc1ccc(OCCNC(=O)OC(C)(C)C)cc1)C(=O)NCCOP(=O)(O)OCC(COCC[C@@H](CCCCCCC)OC(=O)CCC/C=C\CCCCCC)NC(=O)CC(=O)CCCCCCCCCCC)NC(=O)CC(=O)CCCCCCCCCCC.[H-].[H-].[Na+].[Na+]. The van der Waals surface area contributed by atoms with Gasteiger partial charge >= 0.3 is 92.8 Å². The number of alkyl carbamates (subject to hydrolysis) is 1. The molecule has 0 radical (unpaired) electrons. The Balaban J connectivity index is -0.0000208. The molecule has 131 heavy (non-hydrogen) atoms. The molecule has 0 aromatic heterocycles. The third-order valence-electron chi connectivity index (χ3n) is 21.7. The quantitative estimate of drug-likeness (QED) is 0.00606. The largest absolute Gasteiger partial charge is 1.00 e. The first-order valence-electron chi connectivity index (χ1n) is 50.1. The monoisotopic (exact) mass is 1910 g/mol. The number of amides is 5. The maximum Gasteiger partial charge on any atom is 1.00 e. The van der Waals surface area contributed by atoms with Crippen LogP contribution in [0, 0.1) is 5.92 Å². The normalized spacial score (nSPS) is 13.6. The number of carbonyl (C=O) groups excluding carboxylic acids is 9. The van der Waals surface area contributed by atoms with Gasteiger partial charge in [-0.3, -0.25) is 56.5 Å². The Labute approximate surface area is 837 Å². The molecule has 4 unspecified atom stereocenters. The Hall–Kier alpha value is -3.93. The van der Waals surface area contributed by atoms with E-state index < -0.39 is 134 Å². The molecule has 7 N–H and O–H groups in total. The standard InChI is InChI=1S/C99H177N5O23P2.2Na.2H/c1-10-16-22-28-32-36-40-46-50-56-86(105)77-92(107)103-84(79-118-71-66-89(58-52-44-26-20-14-5)125-94(109)60-54-48-42-38-34-30-24-18-12-3)81-123-128(114,115)121-74-69-100-96(111)91(76-83-62-64-88(65-63-83)120-73-68-102-98(113)127-99(7,8)9)97(112)101-70-75-122-129(116,117)124-82-85(104-93(108)78-87(106)57-51-47-41-37-33-29-23-17-11-2)80-119-72-67-90(59-53-45-27-21-15-6)126-95(110)61-55-49-43-39-35-31-25-19-13-4;;;;/h38-39,42-43,62-65,84-85,89-91H,10-37,40-41,44-61,66-82H2,1-9H3,(H,100,111)(H,101,112)(H,102,113)(H,103,107)(H,104,108)(H,114,115)(H,116,117);;;;/q;2*+1;2*-1/b42-38-,43-39-;;;;/t84?,85?,89-,90-,91?;;;;/m1..../s1. The summed E-state index contributed by atoms with van der Waals surface area (Å²) in [5.74, 6) is -5.17. The van der Waals surface area contributed by atoms with Crippen molar-refractivity contribution in [1.29, 1.82) is 0 Å². The van der Waals surface area contributed by atoms with E-state index >= 15 is 0 Å². The topological polar surface area (TPSA) is 381 Å². The first kappa shape index (κ1) is 129. The summed E-state index contributed by atoms with van der Waals surface area (Å²) in [7, 11) is -9.93. The molecule has 1 aromatic carbocycles. The number of phosphoric ester groups is 2. The van der Waals surface area contributed by atoms with Gasteiger partial charge in [0.15, 0.2) is 0 Å². The van der Waals surface area contributed by atoms with Crippen LogP contribution in [0.5, 0.6) is 5.75 Å². The molecule has 6 atom stereocenters. The van der Waals surface area contributed by atoms with Gasteiger partial charge in [-0.25, -0.2) is 13.9 Å². The number of rotatable bonds is 90. The van der Waals surface area contributed by atoms with Gasteiger partial charge in [-0.05, 0) is 135 Å².